The van der Waals surface area contributed by atoms with Crippen molar-refractivity contribution in [2.24, 2.45) is 0 Å². The molecule has 6 heteroatoms. The predicted molar refractivity (Wildman–Crippen MR) is 123 cm³/mol. The van der Waals surface area contributed by atoms with E-state index in [2.05, 4.69) is 0 Å². The molecule has 0 aromatic carbocycles. The fourth-order valence-corrected chi connectivity index (χ4v) is 5.02. The van der Waals surface area contributed by atoms with E-state index in [9.17, 15) is 18.1 Å². The van der Waals surface area contributed by atoms with E-state index < -0.39 is 15.4 Å². The third-order valence-electron chi connectivity index (χ3n) is 5.92. The summed E-state index contributed by atoms with van der Waals surface area (Å²) in [6, 6.07) is 0. The summed E-state index contributed by atoms with van der Waals surface area (Å²) in [5.41, 5.74) is 0. The first kappa shape index (κ1) is 33.7. The summed E-state index contributed by atoms with van der Waals surface area (Å²) in [6.07, 6.45) is 22.8. The minimum Gasteiger partial charge on any atom is -0.748 e. The van der Waals surface area contributed by atoms with Crippen molar-refractivity contribution in [1.82, 2.24) is 0 Å². The van der Waals surface area contributed by atoms with Gasteiger partial charge in [-0.25, -0.2) is 8.42 Å². The maximum absolute atomic E-state index is 11.2. The van der Waals surface area contributed by atoms with Crippen LogP contribution < -0.4 is 51.4 Å². The Morgan fingerprint density at radius 3 is 1.20 bits per heavy atom. The third-order valence-corrected chi connectivity index (χ3v) is 7.20. The van der Waals surface area contributed by atoms with Crippen LogP contribution in [0.25, 0.3) is 0 Å². The maximum atomic E-state index is 11.2. The van der Waals surface area contributed by atoms with Gasteiger partial charge in [-0.3, -0.25) is 0 Å². The molecule has 176 valence electrons. The van der Waals surface area contributed by atoms with E-state index in [0.29, 0.717) is 12.8 Å². The first-order valence-corrected chi connectivity index (χ1v) is 14.0. The normalized spacial score (nSPS) is 13.7. The van der Waals surface area contributed by atoms with Crippen LogP contribution in [0.5, 0.6) is 0 Å². The molecule has 0 radical (unpaired) electrons. The summed E-state index contributed by atoms with van der Waals surface area (Å²) < 4.78 is 33.5. The van der Waals surface area contributed by atoms with E-state index in [1.165, 1.54) is 83.5 Å². The van der Waals surface area contributed by atoms with Crippen molar-refractivity contribution in [3.05, 3.63) is 0 Å². The molecule has 2 atom stereocenters. The third kappa shape index (κ3) is 24.2. The SMILES string of the molecule is CCCC(CCCCCCCCCCCCCCCCCCC(C)O)S(=O)(=O)[O-].[K+]. The minimum atomic E-state index is -4.11. The molecule has 0 spiro atoms. The molecule has 0 aliphatic heterocycles. The van der Waals surface area contributed by atoms with Gasteiger partial charge in [-0.1, -0.05) is 116 Å². The molecule has 0 rings (SSSR count). The molecular formula is C24H49KO4S. The van der Waals surface area contributed by atoms with Crippen molar-refractivity contribution in [2.75, 3.05) is 0 Å². The molecular weight excluding hydrogens is 423 g/mol. The average molecular weight is 473 g/mol. The topological polar surface area (TPSA) is 77.4 Å². The zero-order valence-corrected chi connectivity index (χ0v) is 24.3. The Morgan fingerprint density at radius 1 is 0.633 bits per heavy atom. The van der Waals surface area contributed by atoms with Crippen molar-refractivity contribution in [3.8, 4) is 0 Å². The van der Waals surface area contributed by atoms with Gasteiger partial charge in [-0.15, -0.1) is 0 Å². The molecule has 0 amide bonds. The summed E-state index contributed by atoms with van der Waals surface area (Å²) in [6.45, 7) is 3.80. The van der Waals surface area contributed by atoms with E-state index in [-0.39, 0.29) is 57.5 Å². The molecule has 0 aromatic rings. The second kappa shape index (κ2) is 23.7. The predicted octanol–water partition coefficient (Wildman–Crippen LogP) is 4.11. The minimum absolute atomic E-state index is 0. The van der Waals surface area contributed by atoms with Gasteiger partial charge in [0.05, 0.1) is 16.2 Å². The van der Waals surface area contributed by atoms with Gasteiger partial charge in [-0.05, 0) is 26.2 Å². The van der Waals surface area contributed by atoms with Gasteiger partial charge in [0.15, 0.2) is 0 Å². The largest absolute Gasteiger partial charge is 1.00 e. The number of aliphatic hydroxyl groups excluding tert-OH is 1. The van der Waals surface area contributed by atoms with Gasteiger partial charge >= 0.3 is 51.4 Å². The van der Waals surface area contributed by atoms with E-state index in [4.69, 9.17) is 0 Å². The molecule has 2 unspecified atom stereocenters. The van der Waals surface area contributed by atoms with E-state index in [1.54, 1.807) is 0 Å². The molecule has 0 saturated carbocycles. The Bertz CT molecular complexity index is 440. The van der Waals surface area contributed by atoms with Crippen LogP contribution in [0.4, 0.5) is 0 Å². The van der Waals surface area contributed by atoms with E-state index in [1.807, 2.05) is 13.8 Å². The smallest absolute Gasteiger partial charge is 0.748 e. The summed E-state index contributed by atoms with van der Waals surface area (Å²) in [5, 5.41) is 8.54. The molecule has 0 aromatic heterocycles. The molecule has 0 bridgehead atoms. The molecule has 0 aliphatic carbocycles. The first-order chi connectivity index (χ1) is 13.9. The average Bonchev–Trinajstić information content (AvgIpc) is 2.65. The second-order valence-corrected chi connectivity index (χ2v) is 10.6. The van der Waals surface area contributed by atoms with Crippen LogP contribution >= 0.6 is 0 Å². The van der Waals surface area contributed by atoms with Crippen molar-refractivity contribution in [2.45, 2.75) is 154 Å². The number of hydrogen-bond donors (Lipinski definition) is 1. The van der Waals surface area contributed by atoms with Crippen LogP contribution in [0, 0.1) is 0 Å². The Kier molecular flexibility index (Phi) is 26.6. The Balaban J connectivity index is 0. The first-order valence-electron chi connectivity index (χ1n) is 12.5. The van der Waals surface area contributed by atoms with E-state index >= 15 is 0 Å². The van der Waals surface area contributed by atoms with Crippen molar-refractivity contribution in [3.63, 3.8) is 0 Å². The van der Waals surface area contributed by atoms with Gasteiger partial charge in [0.2, 0.25) is 0 Å². The van der Waals surface area contributed by atoms with Crippen LogP contribution in [0.15, 0.2) is 0 Å². The van der Waals surface area contributed by atoms with Crippen molar-refractivity contribution < 1.29 is 69.5 Å². The maximum Gasteiger partial charge on any atom is 1.00 e. The monoisotopic (exact) mass is 472 g/mol. The standard InChI is InChI=1S/C24H50O4S.K/c1-3-20-24(29(26,27)28)22-19-17-15-13-11-9-7-5-4-6-8-10-12-14-16-18-21-23(2)25;/h23-25H,3-22H2,1-2H3,(H,26,27,28);/q;+1/p-1. The number of unbranched alkanes of at least 4 members (excludes halogenated alkanes) is 15. The van der Waals surface area contributed by atoms with E-state index in [0.717, 1.165) is 32.1 Å². The fraction of sp³-hybridized carbons (Fsp3) is 1.00. The molecule has 0 saturated heterocycles. The second-order valence-electron chi connectivity index (χ2n) is 8.99. The molecule has 0 aliphatic rings. The van der Waals surface area contributed by atoms with Crippen LogP contribution in [0.2, 0.25) is 0 Å². The zero-order chi connectivity index (χ0) is 21.8. The molecule has 4 nitrogen and oxygen atoms in total. The van der Waals surface area contributed by atoms with Gasteiger partial charge in [0, 0.05) is 5.25 Å². The van der Waals surface area contributed by atoms with Gasteiger partial charge < -0.3 is 9.66 Å². The summed E-state index contributed by atoms with van der Waals surface area (Å²) in [7, 11) is -4.11. The molecule has 0 heterocycles. The van der Waals surface area contributed by atoms with Crippen LogP contribution in [-0.4, -0.2) is 29.4 Å². The Hall–Kier alpha value is 1.51. The molecule has 30 heavy (non-hydrogen) atoms. The van der Waals surface area contributed by atoms with Gasteiger partial charge in [0.1, 0.15) is 0 Å². The fourth-order valence-electron chi connectivity index (χ4n) is 4.04. The summed E-state index contributed by atoms with van der Waals surface area (Å²) >= 11 is 0. The van der Waals surface area contributed by atoms with Crippen LogP contribution in [-0.2, 0) is 10.1 Å². The zero-order valence-electron chi connectivity index (χ0n) is 20.4. The van der Waals surface area contributed by atoms with Gasteiger partial charge in [-0.2, -0.15) is 0 Å². The van der Waals surface area contributed by atoms with Gasteiger partial charge in [0.25, 0.3) is 0 Å². The van der Waals surface area contributed by atoms with Crippen molar-refractivity contribution in [1.29, 1.82) is 0 Å². The van der Waals surface area contributed by atoms with Crippen LogP contribution in [0.1, 0.15) is 142 Å². The summed E-state index contributed by atoms with van der Waals surface area (Å²) in [4.78, 5) is 0. The Labute approximate surface area is 230 Å². The number of hydrogen-bond acceptors (Lipinski definition) is 4. The molecule has 0 fully saturated rings. The number of aliphatic hydroxyl groups is 1. The summed E-state index contributed by atoms with van der Waals surface area (Å²) in [5.74, 6) is 0. The molecule has 1 N–H and O–H groups in total. The quantitative estimate of drug-likeness (QED) is 0.146. The Morgan fingerprint density at radius 2 is 0.933 bits per heavy atom. The van der Waals surface area contributed by atoms with Crippen molar-refractivity contribution >= 4 is 10.1 Å². The van der Waals surface area contributed by atoms with Crippen LogP contribution in [0.3, 0.4) is 0 Å². The number of rotatable bonds is 22.